The highest BCUT2D eigenvalue weighted by Crippen LogP contribution is 2.40. The summed E-state index contributed by atoms with van der Waals surface area (Å²) >= 11 is 15.5. The summed E-state index contributed by atoms with van der Waals surface area (Å²) < 4.78 is 6.90. The molecule has 0 amide bonds. The van der Waals surface area contributed by atoms with Crippen LogP contribution in [0.25, 0.3) is 47.7 Å². The Morgan fingerprint density at radius 2 is 1.48 bits per heavy atom. The van der Waals surface area contributed by atoms with Crippen molar-refractivity contribution in [3.8, 4) is 5.69 Å². The number of nitrogens with zero attached hydrogens (tertiary/aromatic N) is 1. The largest absolute Gasteiger partial charge is 0.309 e. The maximum atomic E-state index is 6.49. The van der Waals surface area contributed by atoms with Gasteiger partial charge in [0.15, 0.2) is 0 Å². The molecule has 0 aliphatic rings. The lowest BCUT2D eigenvalue weighted by Gasteiger charge is -2.09. The summed E-state index contributed by atoms with van der Waals surface area (Å²) in [4.78, 5) is 0. The van der Waals surface area contributed by atoms with Crippen molar-refractivity contribution in [2.24, 2.45) is 0 Å². The maximum Gasteiger partial charge on any atom is 0.0569 e. The van der Waals surface area contributed by atoms with Crippen LogP contribution in [0.15, 0.2) is 81.7 Å². The molecule has 0 aliphatic heterocycles. The first-order chi connectivity index (χ1) is 14.1. The van der Waals surface area contributed by atoms with Gasteiger partial charge in [-0.25, -0.2) is 0 Å². The number of benzene rings is 4. The van der Waals surface area contributed by atoms with Gasteiger partial charge in [0.1, 0.15) is 0 Å². The number of halogens is 3. The van der Waals surface area contributed by atoms with Crippen LogP contribution in [0.1, 0.15) is 0 Å². The molecule has 0 bridgehead atoms. The molecule has 6 aromatic rings. The molecule has 0 atom stereocenters. The highest BCUT2D eigenvalue weighted by atomic mass is 79.9. The second-order valence-corrected chi connectivity index (χ2v) is 10.3. The van der Waals surface area contributed by atoms with Gasteiger partial charge >= 0.3 is 0 Å². The second kappa shape index (κ2) is 6.58. The summed E-state index contributed by atoms with van der Waals surface area (Å²) in [6, 6.07) is 25.9. The van der Waals surface area contributed by atoms with Crippen molar-refractivity contribution in [1.82, 2.24) is 4.57 Å². The smallest absolute Gasteiger partial charge is 0.0569 e. The van der Waals surface area contributed by atoms with Gasteiger partial charge in [0.2, 0.25) is 0 Å². The van der Waals surface area contributed by atoms with Crippen molar-refractivity contribution in [2.75, 3.05) is 0 Å². The zero-order chi connectivity index (χ0) is 19.7. The zero-order valence-corrected chi connectivity index (χ0v) is 19.7. The minimum Gasteiger partial charge on any atom is -0.309 e. The number of fused-ring (bicyclic) bond motifs is 6. The third-order valence-electron chi connectivity index (χ3n) is 5.39. The van der Waals surface area contributed by atoms with E-state index >= 15 is 0 Å². The van der Waals surface area contributed by atoms with Crippen LogP contribution in [0.5, 0.6) is 0 Å². The van der Waals surface area contributed by atoms with Crippen LogP contribution in [0, 0.1) is 0 Å². The van der Waals surface area contributed by atoms with Crippen molar-refractivity contribution in [3.63, 3.8) is 0 Å². The standard InChI is InChI=1S/C24H12Br2ClNS/c25-13-5-7-21-16(9-13)17-11-19(26)20(27)12-22(17)28(21)14-6-8-24-18(10-14)15-3-1-2-4-23(15)29-24/h1-12H. The molecule has 6 rings (SSSR count). The van der Waals surface area contributed by atoms with Crippen molar-refractivity contribution in [2.45, 2.75) is 0 Å². The van der Waals surface area contributed by atoms with Gasteiger partial charge in [-0.05, 0) is 70.5 Å². The number of thiophene rings is 1. The predicted molar refractivity (Wildman–Crippen MR) is 134 cm³/mol. The Morgan fingerprint density at radius 3 is 2.38 bits per heavy atom. The van der Waals surface area contributed by atoms with Gasteiger partial charge < -0.3 is 4.57 Å². The van der Waals surface area contributed by atoms with Crippen LogP contribution in [0.2, 0.25) is 5.02 Å². The van der Waals surface area contributed by atoms with E-state index in [2.05, 4.69) is 103 Å². The van der Waals surface area contributed by atoms with Gasteiger partial charge in [-0.1, -0.05) is 45.7 Å². The Balaban J connectivity index is 1.76. The van der Waals surface area contributed by atoms with Crippen molar-refractivity contribution in [3.05, 3.63) is 86.8 Å². The van der Waals surface area contributed by atoms with E-state index < -0.39 is 0 Å². The van der Waals surface area contributed by atoms with Gasteiger partial charge in [-0.3, -0.25) is 0 Å². The Kier molecular flexibility index (Phi) is 4.07. The maximum absolute atomic E-state index is 6.49. The number of hydrogen-bond donors (Lipinski definition) is 0. The number of hydrogen-bond acceptors (Lipinski definition) is 1. The number of rotatable bonds is 1. The molecule has 0 N–H and O–H groups in total. The zero-order valence-electron chi connectivity index (χ0n) is 14.9. The van der Waals surface area contributed by atoms with Crippen LogP contribution < -0.4 is 0 Å². The van der Waals surface area contributed by atoms with Gasteiger partial charge in [0.05, 0.1) is 16.1 Å². The summed E-state index contributed by atoms with van der Waals surface area (Å²) in [5.74, 6) is 0. The second-order valence-electron chi connectivity index (χ2n) is 7.06. The Hall–Kier alpha value is -1.85. The fourth-order valence-corrected chi connectivity index (χ4v) is 6.07. The molecule has 0 spiro atoms. The molecular formula is C24H12Br2ClNS. The average Bonchev–Trinajstić information content (AvgIpc) is 3.23. The van der Waals surface area contributed by atoms with Crippen LogP contribution in [-0.4, -0.2) is 4.57 Å². The highest BCUT2D eigenvalue weighted by Gasteiger charge is 2.16. The fourth-order valence-electron chi connectivity index (χ4n) is 4.12. The summed E-state index contributed by atoms with van der Waals surface area (Å²) in [6.45, 7) is 0. The van der Waals surface area contributed by atoms with Gasteiger partial charge in [0.25, 0.3) is 0 Å². The number of aromatic nitrogens is 1. The molecule has 0 saturated heterocycles. The molecule has 5 heteroatoms. The normalized spacial score (nSPS) is 12.0. The van der Waals surface area contributed by atoms with E-state index in [4.69, 9.17) is 11.6 Å². The molecule has 0 saturated carbocycles. The van der Waals surface area contributed by atoms with E-state index in [0.717, 1.165) is 25.7 Å². The van der Waals surface area contributed by atoms with E-state index in [9.17, 15) is 0 Å². The lowest BCUT2D eigenvalue weighted by Crippen LogP contribution is -1.93. The third-order valence-corrected chi connectivity index (χ3v) is 8.23. The van der Waals surface area contributed by atoms with E-state index in [1.165, 1.54) is 30.9 Å². The first-order valence-corrected chi connectivity index (χ1v) is 11.9. The molecule has 4 aromatic carbocycles. The Morgan fingerprint density at radius 1 is 0.690 bits per heavy atom. The minimum atomic E-state index is 0.711. The molecule has 0 radical (unpaired) electrons. The first-order valence-electron chi connectivity index (χ1n) is 9.10. The highest BCUT2D eigenvalue weighted by molar-refractivity contribution is 9.10. The molecule has 2 aromatic heterocycles. The fraction of sp³-hybridized carbons (Fsp3) is 0. The van der Waals surface area contributed by atoms with E-state index in [1.807, 2.05) is 17.4 Å². The van der Waals surface area contributed by atoms with Crippen molar-refractivity contribution in [1.29, 1.82) is 0 Å². The molecule has 1 nitrogen and oxygen atoms in total. The van der Waals surface area contributed by atoms with E-state index in [1.54, 1.807) is 0 Å². The molecular weight excluding hydrogens is 530 g/mol. The molecule has 140 valence electrons. The van der Waals surface area contributed by atoms with E-state index in [0.29, 0.717) is 5.02 Å². The van der Waals surface area contributed by atoms with Gasteiger partial charge in [-0.15, -0.1) is 11.3 Å². The lowest BCUT2D eigenvalue weighted by molar-refractivity contribution is 1.19. The predicted octanol–water partition coefficient (Wildman–Crippen LogP) is 9.33. The Bertz CT molecular complexity index is 1600. The van der Waals surface area contributed by atoms with Crippen LogP contribution in [0.3, 0.4) is 0 Å². The quantitative estimate of drug-likeness (QED) is 0.195. The molecule has 0 aliphatic carbocycles. The van der Waals surface area contributed by atoms with Crippen molar-refractivity contribution < 1.29 is 0 Å². The lowest BCUT2D eigenvalue weighted by atomic mass is 10.1. The molecule has 2 heterocycles. The van der Waals surface area contributed by atoms with Gasteiger partial charge in [-0.2, -0.15) is 0 Å². The van der Waals surface area contributed by atoms with Crippen molar-refractivity contribution >= 4 is 96.8 Å². The van der Waals surface area contributed by atoms with Crippen LogP contribution in [0.4, 0.5) is 0 Å². The minimum absolute atomic E-state index is 0.711. The average molecular weight is 542 g/mol. The summed E-state index contributed by atoms with van der Waals surface area (Å²) in [6.07, 6.45) is 0. The third kappa shape index (κ3) is 2.70. The Labute approximate surface area is 192 Å². The SMILES string of the molecule is Clc1cc2c(cc1Br)c1cc(Br)ccc1n2-c1ccc2sc3ccccc3c2c1. The summed E-state index contributed by atoms with van der Waals surface area (Å²) in [5.41, 5.74) is 3.41. The van der Waals surface area contributed by atoms with Crippen LogP contribution in [-0.2, 0) is 0 Å². The topological polar surface area (TPSA) is 4.93 Å². The monoisotopic (exact) mass is 539 g/mol. The van der Waals surface area contributed by atoms with E-state index in [-0.39, 0.29) is 0 Å². The molecule has 29 heavy (non-hydrogen) atoms. The summed E-state index contributed by atoms with van der Waals surface area (Å²) in [5, 5.41) is 5.68. The first kappa shape index (κ1) is 18.0. The molecule has 0 fully saturated rings. The van der Waals surface area contributed by atoms with Gasteiger partial charge in [0, 0.05) is 45.6 Å². The molecule has 0 unspecified atom stereocenters. The van der Waals surface area contributed by atoms with Crippen LogP contribution >= 0.6 is 54.8 Å². The summed E-state index contributed by atoms with van der Waals surface area (Å²) in [7, 11) is 0.